The summed E-state index contributed by atoms with van der Waals surface area (Å²) in [5, 5.41) is 19.0. The summed E-state index contributed by atoms with van der Waals surface area (Å²) < 4.78 is 12.4. The summed E-state index contributed by atoms with van der Waals surface area (Å²) in [5.74, 6) is 0. The van der Waals surface area contributed by atoms with Gasteiger partial charge in [0, 0.05) is 12.6 Å². The molecule has 3 N–H and O–H groups in total. The molecule has 1 aromatic heterocycles. The second kappa shape index (κ2) is 8.18. The molecule has 1 fully saturated rings. The Hall–Kier alpha value is -2.26. The molecular weight excluding hydrogens is 352 g/mol. The molecule has 0 spiro atoms. The number of nitrogens with one attached hydrogen (secondary N) is 1. The maximum absolute atomic E-state index is 12.1. The standard InChI is InChI=1S/C19H24N2O6/c1-11-4-3-5-12(2)14(11)10-26-9-13-7-21(19(25)20-18(13)24)17-6-15(23)16(8-22)27-17/h3-5,7,15-17,22-23H,6,8-10H2,1-2H3,(H,20,24,25)/t15-,16+,17+/m0/s1. The molecular formula is C19H24N2O6. The van der Waals surface area contributed by atoms with E-state index in [0.29, 0.717) is 6.61 Å². The van der Waals surface area contributed by atoms with Gasteiger partial charge in [-0.25, -0.2) is 4.79 Å². The average molecular weight is 376 g/mol. The highest BCUT2D eigenvalue weighted by Crippen LogP contribution is 2.27. The molecule has 2 heterocycles. The number of hydrogen-bond donors (Lipinski definition) is 3. The topological polar surface area (TPSA) is 114 Å². The zero-order valence-corrected chi connectivity index (χ0v) is 15.3. The summed E-state index contributed by atoms with van der Waals surface area (Å²) in [6, 6.07) is 5.97. The number of aliphatic hydroxyl groups excluding tert-OH is 2. The molecule has 0 saturated carbocycles. The van der Waals surface area contributed by atoms with Crippen molar-refractivity contribution >= 4 is 0 Å². The molecule has 0 amide bonds. The first-order chi connectivity index (χ1) is 12.9. The summed E-state index contributed by atoms with van der Waals surface area (Å²) in [7, 11) is 0. The van der Waals surface area contributed by atoms with Crippen molar-refractivity contribution in [2.45, 2.75) is 51.9 Å². The number of hydrogen-bond acceptors (Lipinski definition) is 6. The van der Waals surface area contributed by atoms with Gasteiger partial charge in [-0.05, 0) is 30.5 Å². The van der Waals surface area contributed by atoms with Crippen molar-refractivity contribution in [3.63, 3.8) is 0 Å². The maximum atomic E-state index is 12.1. The van der Waals surface area contributed by atoms with Crippen LogP contribution in [0.3, 0.4) is 0 Å². The zero-order chi connectivity index (χ0) is 19.6. The molecule has 146 valence electrons. The molecule has 0 unspecified atom stereocenters. The van der Waals surface area contributed by atoms with Gasteiger partial charge in [0.25, 0.3) is 5.56 Å². The van der Waals surface area contributed by atoms with Gasteiger partial charge >= 0.3 is 5.69 Å². The fraction of sp³-hybridized carbons (Fsp3) is 0.474. The van der Waals surface area contributed by atoms with Crippen molar-refractivity contribution < 1.29 is 19.7 Å². The van der Waals surface area contributed by atoms with Crippen LogP contribution < -0.4 is 11.2 Å². The Balaban J connectivity index is 1.75. The Kier molecular flexibility index (Phi) is 5.91. The third kappa shape index (κ3) is 4.19. The van der Waals surface area contributed by atoms with E-state index in [4.69, 9.17) is 9.47 Å². The van der Waals surface area contributed by atoms with E-state index in [1.165, 1.54) is 10.8 Å². The van der Waals surface area contributed by atoms with Gasteiger partial charge in [-0.1, -0.05) is 18.2 Å². The highest BCUT2D eigenvalue weighted by Gasteiger charge is 2.35. The first kappa shape index (κ1) is 19.5. The van der Waals surface area contributed by atoms with Crippen molar-refractivity contribution in [2.75, 3.05) is 6.61 Å². The van der Waals surface area contributed by atoms with Crippen LogP contribution in [0.5, 0.6) is 0 Å². The van der Waals surface area contributed by atoms with E-state index in [1.807, 2.05) is 32.0 Å². The lowest BCUT2D eigenvalue weighted by Crippen LogP contribution is -2.34. The number of H-pyrrole nitrogens is 1. The smallest absolute Gasteiger partial charge is 0.330 e. The molecule has 27 heavy (non-hydrogen) atoms. The minimum absolute atomic E-state index is 0.0299. The lowest BCUT2D eigenvalue weighted by atomic mass is 10.0. The predicted molar refractivity (Wildman–Crippen MR) is 97.4 cm³/mol. The van der Waals surface area contributed by atoms with Gasteiger partial charge in [0.1, 0.15) is 12.3 Å². The maximum Gasteiger partial charge on any atom is 0.330 e. The highest BCUT2D eigenvalue weighted by molar-refractivity contribution is 5.32. The Bertz CT molecular complexity index is 899. The van der Waals surface area contributed by atoms with Crippen LogP contribution in [0.15, 0.2) is 34.0 Å². The number of aryl methyl sites for hydroxylation is 2. The molecule has 1 saturated heterocycles. The van der Waals surface area contributed by atoms with Crippen molar-refractivity contribution in [3.8, 4) is 0 Å². The largest absolute Gasteiger partial charge is 0.394 e. The fourth-order valence-electron chi connectivity index (χ4n) is 3.23. The molecule has 3 atom stereocenters. The van der Waals surface area contributed by atoms with Crippen molar-refractivity contribution in [3.05, 3.63) is 67.5 Å². The monoisotopic (exact) mass is 376 g/mol. The second-order valence-electron chi connectivity index (χ2n) is 6.80. The summed E-state index contributed by atoms with van der Waals surface area (Å²) in [4.78, 5) is 26.4. The summed E-state index contributed by atoms with van der Waals surface area (Å²) in [5.41, 5.74) is 2.42. The summed E-state index contributed by atoms with van der Waals surface area (Å²) in [6.45, 7) is 4.03. The molecule has 3 rings (SSSR count). The minimum atomic E-state index is -0.873. The average Bonchev–Trinajstić information content (AvgIpc) is 2.99. The molecule has 1 aliphatic heterocycles. The molecule has 1 aromatic carbocycles. The molecule has 8 nitrogen and oxygen atoms in total. The van der Waals surface area contributed by atoms with Gasteiger partial charge in [0.15, 0.2) is 0 Å². The van der Waals surface area contributed by atoms with E-state index in [1.54, 1.807) is 0 Å². The number of rotatable bonds is 6. The van der Waals surface area contributed by atoms with Gasteiger partial charge in [-0.15, -0.1) is 0 Å². The van der Waals surface area contributed by atoms with Gasteiger partial charge < -0.3 is 19.7 Å². The van der Waals surface area contributed by atoms with E-state index < -0.39 is 29.7 Å². The quantitative estimate of drug-likeness (QED) is 0.677. The third-order valence-corrected chi connectivity index (χ3v) is 4.88. The van der Waals surface area contributed by atoms with Crippen LogP contribution in [0.2, 0.25) is 0 Å². The van der Waals surface area contributed by atoms with Crippen LogP contribution in [0, 0.1) is 13.8 Å². The van der Waals surface area contributed by atoms with E-state index in [2.05, 4.69) is 4.98 Å². The molecule has 0 bridgehead atoms. The van der Waals surface area contributed by atoms with E-state index in [0.717, 1.165) is 16.7 Å². The molecule has 8 heteroatoms. The number of benzene rings is 1. The molecule has 0 aliphatic carbocycles. The van der Waals surface area contributed by atoms with Crippen molar-refractivity contribution in [2.24, 2.45) is 0 Å². The molecule has 1 aliphatic rings. The Morgan fingerprint density at radius 2 is 1.96 bits per heavy atom. The minimum Gasteiger partial charge on any atom is -0.394 e. The summed E-state index contributed by atoms with van der Waals surface area (Å²) in [6.07, 6.45) is -0.831. The first-order valence-corrected chi connectivity index (χ1v) is 8.82. The molecule has 0 radical (unpaired) electrons. The van der Waals surface area contributed by atoms with Crippen LogP contribution in [-0.2, 0) is 22.7 Å². The van der Waals surface area contributed by atoms with E-state index in [9.17, 15) is 19.8 Å². The number of ether oxygens (including phenoxy) is 2. The first-order valence-electron chi connectivity index (χ1n) is 8.82. The lowest BCUT2D eigenvalue weighted by Gasteiger charge is -2.15. The number of aliphatic hydroxyl groups is 2. The number of aromatic nitrogens is 2. The van der Waals surface area contributed by atoms with Crippen molar-refractivity contribution in [1.82, 2.24) is 9.55 Å². The van der Waals surface area contributed by atoms with Crippen LogP contribution in [0.1, 0.15) is 34.9 Å². The Morgan fingerprint density at radius 1 is 1.26 bits per heavy atom. The second-order valence-corrected chi connectivity index (χ2v) is 6.80. The van der Waals surface area contributed by atoms with Gasteiger partial charge in [-0.3, -0.25) is 14.3 Å². The SMILES string of the molecule is Cc1cccc(C)c1COCc1cn([C@H]2C[C@H](O)[C@@H](CO)O2)c(=O)[nH]c1=O. The highest BCUT2D eigenvalue weighted by atomic mass is 16.5. The van der Waals surface area contributed by atoms with E-state index in [-0.39, 0.29) is 25.2 Å². The molecule has 2 aromatic rings. The number of aromatic amines is 1. The Morgan fingerprint density at radius 3 is 2.59 bits per heavy atom. The Labute approximate surface area is 156 Å². The van der Waals surface area contributed by atoms with Crippen LogP contribution >= 0.6 is 0 Å². The van der Waals surface area contributed by atoms with Crippen LogP contribution in [0.4, 0.5) is 0 Å². The van der Waals surface area contributed by atoms with Crippen molar-refractivity contribution in [1.29, 1.82) is 0 Å². The van der Waals surface area contributed by atoms with Crippen LogP contribution in [0.25, 0.3) is 0 Å². The van der Waals surface area contributed by atoms with E-state index >= 15 is 0 Å². The summed E-state index contributed by atoms with van der Waals surface area (Å²) >= 11 is 0. The lowest BCUT2D eigenvalue weighted by molar-refractivity contribution is -0.0461. The number of nitrogens with zero attached hydrogens (tertiary/aromatic N) is 1. The van der Waals surface area contributed by atoms with Gasteiger partial charge in [0.05, 0.1) is 31.5 Å². The predicted octanol–water partition coefficient (Wildman–Crippen LogP) is 0.511. The third-order valence-electron chi connectivity index (χ3n) is 4.88. The zero-order valence-electron chi connectivity index (χ0n) is 15.3. The normalized spacial score (nSPS) is 22.3. The van der Waals surface area contributed by atoms with Crippen LogP contribution in [-0.4, -0.2) is 38.6 Å². The fourth-order valence-corrected chi connectivity index (χ4v) is 3.23. The van der Waals surface area contributed by atoms with Gasteiger partial charge in [-0.2, -0.15) is 0 Å². The van der Waals surface area contributed by atoms with Gasteiger partial charge in [0.2, 0.25) is 0 Å².